The molecule has 118 valence electrons. The third-order valence-electron chi connectivity index (χ3n) is 3.62. The summed E-state index contributed by atoms with van der Waals surface area (Å²) in [4.78, 5) is 38.5. The van der Waals surface area contributed by atoms with Gasteiger partial charge in [-0.05, 0) is 18.6 Å². The number of methoxy groups -OCH3 is 1. The van der Waals surface area contributed by atoms with E-state index in [4.69, 9.17) is 16.3 Å². The summed E-state index contributed by atoms with van der Waals surface area (Å²) >= 11 is 6.12. The van der Waals surface area contributed by atoms with Crippen LogP contribution in [-0.4, -0.2) is 42.5 Å². The monoisotopic (exact) mass is 324 g/mol. The van der Waals surface area contributed by atoms with Crippen molar-refractivity contribution in [2.75, 3.05) is 18.7 Å². The molecular formula is C15H17ClN2O4. The number of amides is 2. The number of hydrogen-bond donors (Lipinski definition) is 0. The highest BCUT2D eigenvalue weighted by molar-refractivity contribution is 6.33. The van der Waals surface area contributed by atoms with E-state index in [2.05, 4.69) is 0 Å². The molecule has 6 nitrogen and oxygen atoms in total. The van der Waals surface area contributed by atoms with Gasteiger partial charge in [0.1, 0.15) is 12.7 Å². The smallest absolute Gasteiger partial charge is 0.328 e. The maximum atomic E-state index is 12.0. The topological polar surface area (TPSA) is 66.9 Å². The molecule has 1 heterocycles. The minimum atomic E-state index is -0.665. The predicted molar refractivity (Wildman–Crippen MR) is 81.4 cm³/mol. The van der Waals surface area contributed by atoms with Crippen molar-refractivity contribution in [3.63, 3.8) is 0 Å². The van der Waals surface area contributed by atoms with E-state index in [1.165, 1.54) is 23.8 Å². The van der Waals surface area contributed by atoms with Crippen molar-refractivity contribution in [1.29, 1.82) is 0 Å². The number of ether oxygens (including phenoxy) is 1. The van der Waals surface area contributed by atoms with E-state index in [-0.39, 0.29) is 24.9 Å². The molecule has 1 aliphatic rings. The molecule has 7 heteroatoms. The van der Waals surface area contributed by atoms with Gasteiger partial charge in [-0.3, -0.25) is 14.5 Å². The van der Waals surface area contributed by atoms with Gasteiger partial charge >= 0.3 is 5.97 Å². The molecule has 0 aromatic heterocycles. The lowest BCUT2D eigenvalue weighted by atomic mass is 10.2. The van der Waals surface area contributed by atoms with Crippen LogP contribution in [0.15, 0.2) is 24.3 Å². The van der Waals surface area contributed by atoms with E-state index in [1.54, 1.807) is 24.3 Å². The number of rotatable bonds is 4. The van der Waals surface area contributed by atoms with Gasteiger partial charge in [-0.25, -0.2) is 4.79 Å². The first-order valence-electron chi connectivity index (χ1n) is 6.85. The summed E-state index contributed by atoms with van der Waals surface area (Å²) < 4.78 is 4.72. The van der Waals surface area contributed by atoms with Gasteiger partial charge in [-0.2, -0.15) is 0 Å². The molecule has 1 saturated heterocycles. The van der Waals surface area contributed by atoms with Gasteiger partial charge in [0.25, 0.3) is 0 Å². The second-order valence-corrected chi connectivity index (χ2v) is 5.39. The van der Waals surface area contributed by atoms with Crippen molar-refractivity contribution in [3.05, 3.63) is 29.3 Å². The highest BCUT2D eigenvalue weighted by atomic mass is 35.5. The Kier molecular flexibility index (Phi) is 5.03. The van der Waals surface area contributed by atoms with Crippen molar-refractivity contribution in [2.45, 2.75) is 25.8 Å². The molecule has 1 aromatic rings. The Labute approximate surface area is 133 Å². The van der Waals surface area contributed by atoms with E-state index in [9.17, 15) is 14.4 Å². The molecule has 0 unspecified atom stereocenters. The first-order valence-corrected chi connectivity index (χ1v) is 7.23. The number of anilines is 1. The fourth-order valence-electron chi connectivity index (χ4n) is 2.46. The second-order valence-electron chi connectivity index (χ2n) is 4.98. The van der Waals surface area contributed by atoms with Crippen LogP contribution < -0.4 is 4.90 Å². The molecule has 0 N–H and O–H groups in total. The minimum Gasteiger partial charge on any atom is -0.467 e. The van der Waals surface area contributed by atoms with E-state index in [1.807, 2.05) is 0 Å². The highest BCUT2D eigenvalue weighted by Gasteiger charge is 2.38. The molecule has 1 atom stereocenters. The molecular weight excluding hydrogens is 308 g/mol. The van der Waals surface area contributed by atoms with E-state index in [0.29, 0.717) is 17.1 Å². The molecule has 1 aliphatic heterocycles. The van der Waals surface area contributed by atoms with Crippen LogP contribution in [0.25, 0.3) is 0 Å². The first-order chi connectivity index (χ1) is 10.5. The summed E-state index contributed by atoms with van der Waals surface area (Å²) in [7, 11) is 1.28. The molecule has 2 amide bonds. The van der Waals surface area contributed by atoms with Crippen LogP contribution in [0.1, 0.15) is 19.8 Å². The Morgan fingerprint density at radius 3 is 2.68 bits per heavy atom. The third kappa shape index (κ3) is 3.22. The summed E-state index contributed by atoms with van der Waals surface area (Å²) in [5, 5.41) is 0.402. The lowest BCUT2D eigenvalue weighted by Gasteiger charge is -2.30. The van der Waals surface area contributed by atoms with Crippen molar-refractivity contribution in [3.8, 4) is 0 Å². The zero-order valence-electron chi connectivity index (χ0n) is 12.4. The van der Waals surface area contributed by atoms with Gasteiger partial charge in [0.2, 0.25) is 11.8 Å². The SMILES string of the molecule is COC(=O)[C@H]1CCC(=O)N1CN(C(C)=O)c1ccccc1Cl. The lowest BCUT2D eigenvalue weighted by molar-refractivity contribution is -0.149. The summed E-state index contributed by atoms with van der Waals surface area (Å²) in [5.41, 5.74) is 0.500. The van der Waals surface area contributed by atoms with Crippen LogP contribution in [0.2, 0.25) is 5.02 Å². The van der Waals surface area contributed by atoms with Crippen molar-refractivity contribution >= 4 is 35.1 Å². The standard InChI is InChI=1S/C15H17ClN2O4/c1-10(19)17(12-6-4-3-5-11(12)16)9-18-13(15(21)22-2)7-8-14(18)20/h3-6,13H,7-9H2,1-2H3/t13-/m1/s1. The molecule has 0 saturated carbocycles. The summed E-state index contributed by atoms with van der Waals surface area (Å²) in [6, 6.07) is 6.19. The van der Waals surface area contributed by atoms with Crippen LogP contribution in [0.4, 0.5) is 5.69 Å². The van der Waals surface area contributed by atoms with Gasteiger partial charge < -0.3 is 9.64 Å². The Balaban J connectivity index is 2.27. The number of nitrogens with zero attached hydrogens (tertiary/aromatic N) is 2. The third-order valence-corrected chi connectivity index (χ3v) is 3.94. The lowest BCUT2D eigenvalue weighted by Crippen LogP contribution is -2.47. The van der Waals surface area contributed by atoms with Crippen molar-refractivity contribution in [2.24, 2.45) is 0 Å². The van der Waals surface area contributed by atoms with Crippen LogP contribution in [0, 0.1) is 0 Å². The number of likely N-dealkylation sites (tertiary alicyclic amines) is 1. The van der Waals surface area contributed by atoms with Crippen LogP contribution in [0.5, 0.6) is 0 Å². The normalized spacial score (nSPS) is 17.5. The predicted octanol–water partition coefficient (Wildman–Crippen LogP) is 1.81. The molecule has 1 aromatic carbocycles. The van der Waals surface area contributed by atoms with Gasteiger partial charge in [0.15, 0.2) is 0 Å². The molecule has 22 heavy (non-hydrogen) atoms. The summed E-state index contributed by atoms with van der Waals surface area (Å²) in [5.74, 6) is -0.932. The van der Waals surface area contributed by atoms with E-state index in [0.717, 1.165) is 0 Å². The van der Waals surface area contributed by atoms with Crippen molar-refractivity contribution in [1.82, 2.24) is 4.90 Å². The highest BCUT2D eigenvalue weighted by Crippen LogP contribution is 2.28. The molecule has 0 radical (unpaired) electrons. The number of esters is 1. The van der Waals surface area contributed by atoms with Crippen LogP contribution >= 0.6 is 11.6 Å². The molecule has 2 rings (SSSR count). The molecule has 0 spiro atoms. The maximum absolute atomic E-state index is 12.0. The summed E-state index contributed by atoms with van der Waals surface area (Å²) in [6.45, 7) is 1.36. The average Bonchev–Trinajstić information content (AvgIpc) is 2.85. The maximum Gasteiger partial charge on any atom is 0.328 e. The van der Waals surface area contributed by atoms with Crippen LogP contribution in [-0.2, 0) is 19.1 Å². The average molecular weight is 325 g/mol. The Morgan fingerprint density at radius 1 is 1.41 bits per heavy atom. The zero-order valence-corrected chi connectivity index (χ0v) is 13.2. The quantitative estimate of drug-likeness (QED) is 0.792. The molecule has 0 bridgehead atoms. The molecule has 1 fully saturated rings. The minimum absolute atomic E-state index is 0.0301. The first kappa shape index (κ1) is 16.3. The summed E-state index contributed by atoms with van der Waals surface area (Å²) in [6.07, 6.45) is 0.647. The zero-order chi connectivity index (χ0) is 16.3. The van der Waals surface area contributed by atoms with Crippen LogP contribution in [0.3, 0.4) is 0 Å². The van der Waals surface area contributed by atoms with E-state index >= 15 is 0 Å². The number of halogens is 1. The second kappa shape index (κ2) is 6.79. The number of hydrogen-bond acceptors (Lipinski definition) is 4. The number of para-hydroxylation sites is 1. The Bertz CT molecular complexity index is 605. The van der Waals surface area contributed by atoms with Gasteiger partial charge in [0.05, 0.1) is 17.8 Å². The largest absolute Gasteiger partial charge is 0.467 e. The fourth-order valence-corrected chi connectivity index (χ4v) is 2.70. The fraction of sp³-hybridized carbons (Fsp3) is 0.400. The number of benzene rings is 1. The van der Waals surface area contributed by atoms with E-state index < -0.39 is 12.0 Å². The van der Waals surface area contributed by atoms with Gasteiger partial charge in [0, 0.05) is 13.3 Å². The Morgan fingerprint density at radius 2 is 2.09 bits per heavy atom. The Hall–Kier alpha value is -2.08. The molecule has 0 aliphatic carbocycles. The van der Waals surface area contributed by atoms with Gasteiger partial charge in [-0.1, -0.05) is 23.7 Å². The van der Waals surface area contributed by atoms with Gasteiger partial charge in [-0.15, -0.1) is 0 Å². The van der Waals surface area contributed by atoms with Crippen molar-refractivity contribution < 1.29 is 19.1 Å². The number of carbonyl (C=O) groups excluding carboxylic acids is 3. The number of carbonyl (C=O) groups is 3.